The van der Waals surface area contributed by atoms with Gasteiger partial charge in [0.25, 0.3) is 0 Å². The summed E-state index contributed by atoms with van der Waals surface area (Å²) in [6.45, 7) is 7.19. The number of aromatic nitrogens is 2. The highest BCUT2D eigenvalue weighted by Crippen LogP contribution is 2.41. The van der Waals surface area contributed by atoms with E-state index in [1.165, 1.54) is 19.3 Å². The first-order valence-corrected chi connectivity index (χ1v) is 11.4. The molecule has 2 aliphatic rings. The number of halogens is 3. The molecule has 34 heavy (non-hydrogen) atoms. The fraction of sp³-hybridized carbons (Fsp3) is 0.480. The van der Waals surface area contributed by atoms with Gasteiger partial charge in [0.05, 0.1) is 23.4 Å². The van der Waals surface area contributed by atoms with Crippen LogP contribution in [0.1, 0.15) is 74.5 Å². The maximum absolute atomic E-state index is 12.9. The fourth-order valence-electron chi connectivity index (χ4n) is 4.45. The van der Waals surface area contributed by atoms with Crippen molar-refractivity contribution in [1.82, 2.24) is 15.3 Å². The van der Waals surface area contributed by atoms with Crippen molar-refractivity contribution in [1.29, 1.82) is 0 Å². The largest absolute Gasteiger partial charge is 0.508 e. The number of hydrogen-bond acceptors (Lipinski definition) is 6. The summed E-state index contributed by atoms with van der Waals surface area (Å²) in [7, 11) is 1.72. The SMILES string of the molecule is C=C(N)NC.CC1(C)Cc2nc(C(F)(F)F)ncc2N=C1c1ccc(C2CCCCC2)c(O)c1. The summed E-state index contributed by atoms with van der Waals surface area (Å²) in [6.07, 6.45) is 2.66. The molecule has 1 aliphatic heterocycles. The van der Waals surface area contributed by atoms with E-state index in [9.17, 15) is 18.3 Å². The van der Waals surface area contributed by atoms with E-state index in [2.05, 4.69) is 26.9 Å². The van der Waals surface area contributed by atoms with E-state index in [1.54, 1.807) is 13.1 Å². The minimum atomic E-state index is -4.58. The van der Waals surface area contributed by atoms with Crippen LogP contribution in [0.4, 0.5) is 18.9 Å². The summed E-state index contributed by atoms with van der Waals surface area (Å²) in [5.41, 5.74) is 7.58. The number of phenolic OH excluding ortho intramolecular Hbond substituents is 1. The van der Waals surface area contributed by atoms with Crippen molar-refractivity contribution in [3.05, 3.63) is 59.4 Å². The predicted octanol–water partition coefficient (Wildman–Crippen LogP) is 5.59. The van der Waals surface area contributed by atoms with Crippen molar-refractivity contribution in [2.24, 2.45) is 16.1 Å². The Hall–Kier alpha value is -3.10. The van der Waals surface area contributed by atoms with Gasteiger partial charge in [-0.05, 0) is 30.4 Å². The molecule has 2 heterocycles. The van der Waals surface area contributed by atoms with Crippen molar-refractivity contribution < 1.29 is 18.3 Å². The Kier molecular flexibility index (Phi) is 7.53. The maximum atomic E-state index is 12.9. The number of aliphatic imine (C=N–C) groups is 1. The lowest BCUT2D eigenvalue weighted by Crippen LogP contribution is -2.31. The fourth-order valence-corrected chi connectivity index (χ4v) is 4.45. The zero-order valence-electron chi connectivity index (χ0n) is 19.8. The van der Waals surface area contributed by atoms with Crippen molar-refractivity contribution in [3.63, 3.8) is 0 Å². The number of nitrogens with zero attached hydrogens (tertiary/aromatic N) is 3. The molecule has 0 unspecified atom stereocenters. The molecule has 184 valence electrons. The van der Waals surface area contributed by atoms with Crippen molar-refractivity contribution in [2.45, 2.75) is 64.5 Å². The molecule has 1 aromatic heterocycles. The van der Waals surface area contributed by atoms with Gasteiger partial charge < -0.3 is 16.2 Å². The van der Waals surface area contributed by atoms with Gasteiger partial charge in [0.2, 0.25) is 5.82 Å². The molecule has 6 nitrogen and oxygen atoms in total. The molecular formula is C25H32F3N5O. The third-order valence-electron chi connectivity index (χ3n) is 6.25. The van der Waals surface area contributed by atoms with Gasteiger partial charge in [-0.3, -0.25) is 0 Å². The summed E-state index contributed by atoms with van der Waals surface area (Å²) in [5, 5.41) is 13.3. The molecule has 0 radical (unpaired) electrons. The van der Waals surface area contributed by atoms with Gasteiger partial charge in [-0.1, -0.05) is 51.8 Å². The van der Waals surface area contributed by atoms with E-state index < -0.39 is 17.4 Å². The van der Waals surface area contributed by atoms with Crippen LogP contribution in [0.15, 0.2) is 41.8 Å². The van der Waals surface area contributed by atoms with Crippen LogP contribution in [0.2, 0.25) is 0 Å². The van der Waals surface area contributed by atoms with Crippen LogP contribution in [0.5, 0.6) is 5.75 Å². The van der Waals surface area contributed by atoms with Gasteiger partial charge in [0.15, 0.2) is 0 Å². The van der Waals surface area contributed by atoms with Crippen molar-refractivity contribution >= 4 is 11.4 Å². The average Bonchev–Trinajstić information content (AvgIpc) is 2.78. The zero-order chi connectivity index (χ0) is 25.1. The number of nitrogens with two attached hydrogens (primary N) is 1. The molecule has 9 heteroatoms. The number of phenols is 1. The van der Waals surface area contributed by atoms with Gasteiger partial charge in [0.1, 0.15) is 11.4 Å². The van der Waals surface area contributed by atoms with Gasteiger partial charge in [-0.15, -0.1) is 0 Å². The Bertz CT molecular complexity index is 1070. The monoisotopic (exact) mass is 475 g/mol. The molecule has 0 spiro atoms. The average molecular weight is 476 g/mol. The molecule has 0 bridgehead atoms. The normalized spacial score (nSPS) is 17.6. The highest BCUT2D eigenvalue weighted by atomic mass is 19.4. The highest BCUT2D eigenvalue weighted by molar-refractivity contribution is 6.07. The molecule has 1 aliphatic carbocycles. The number of rotatable bonds is 3. The Labute approximate surface area is 198 Å². The van der Waals surface area contributed by atoms with E-state index in [1.807, 2.05) is 26.0 Å². The van der Waals surface area contributed by atoms with E-state index >= 15 is 0 Å². The van der Waals surface area contributed by atoms with Crippen LogP contribution in [0, 0.1) is 5.41 Å². The number of benzene rings is 1. The third kappa shape index (κ3) is 5.87. The van der Waals surface area contributed by atoms with Crippen LogP contribution in [0.25, 0.3) is 0 Å². The molecule has 0 amide bonds. The van der Waals surface area contributed by atoms with Crippen LogP contribution in [0.3, 0.4) is 0 Å². The quantitative estimate of drug-likeness (QED) is 0.538. The molecule has 0 saturated heterocycles. The second-order valence-electron chi connectivity index (χ2n) is 9.43. The predicted molar refractivity (Wildman–Crippen MR) is 127 cm³/mol. The zero-order valence-corrected chi connectivity index (χ0v) is 19.8. The van der Waals surface area contributed by atoms with Crippen LogP contribution in [-0.4, -0.2) is 27.8 Å². The van der Waals surface area contributed by atoms with Gasteiger partial charge in [-0.2, -0.15) is 13.2 Å². The Balaban J connectivity index is 0.000000588. The molecule has 1 fully saturated rings. The van der Waals surface area contributed by atoms with E-state index in [-0.39, 0.29) is 5.75 Å². The summed E-state index contributed by atoms with van der Waals surface area (Å²) in [5.74, 6) is 0.0153. The highest BCUT2D eigenvalue weighted by Gasteiger charge is 2.38. The van der Waals surface area contributed by atoms with E-state index in [0.717, 1.165) is 35.9 Å². The second kappa shape index (κ2) is 10.0. The first-order chi connectivity index (χ1) is 15.9. The second-order valence-corrected chi connectivity index (χ2v) is 9.43. The van der Waals surface area contributed by atoms with Crippen molar-refractivity contribution in [2.75, 3.05) is 7.05 Å². The lowest BCUT2D eigenvalue weighted by molar-refractivity contribution is -0.145. The maximum Gasteiger partial charge on any atom is 0.451 e. The molecule has 2 aromatic rings. The topological polar surface area (TPSA) is 96.4 Å². The first-order valence-electron chi connectivity index (χ1n) is 11.4. The van der Waals surface area contributed by atoms with Gasteiger partial charge >= 0.3 is 6.18 Å². The molecule has 4 N–H and O–H groups in total. The Morgan fingerprint density at radius 2 is 1.85 bits per heavy atom. The standard InChI is InChI=1S/C22H24F3N3O.C3H8N2/c1-21(2)11-16-17(12-26-20(28-16)22(23,24)25)27-19(21)14-8-9-15(18(29)10-14)13-6-4-3-5-7-13;1-3(4)5-2/h8-10,12-13,29H,3-7,11H2,1-2H3;5H,1,4H2,2H3. The van der Waals surface area contributed by atoms with Gasteiger partial charge in [0, 0.05) is 24.4 Å². The number of alkyl halides is 3. The van der Waals surface area contributed by atoms with Crippen LogP contribution < -0.4 is 11.1 Å². The molecule has 0 atom stereocenters. The Morgan fingerprint density at radius 3 is 2.41 bits per heavy atom. The van der Waals surface area contributed by atoms with Crippen molar-refractivity contribution in [3.8, 4) is 5.75 Å². The summed E-state index contributed by atoms with van der Waals surface area (Å²) < 4.78 is 38.8. The van der Waals surface area contributed by atoms with Gasteiger partial charge in [-0.25, -0.2) is 15.0 Å². The van der Waals surface area contributed by atoms with E-state index in [4.69, 9.17) is 5.73 Å². The minimum absolute atomic E-state index is 0.266. The summed E-state index contributed by atoms with van der Waals surface area (Å²) in [4.78, 5) is 11.7. The number of aromatic hydroxyl groups is 1. The number of fused-ring (bicyclic) bond motifs is 1. The third-order valence-corrected chi connectivity index (χ3v) is 6.25. The summed E-state index contributed by atoms with van der Waals surface area (Å²) >= 11 is 0. The molecule has 1 aromatic carbocycles. The molecule has 4 rings (SSSR count). The Morgan fingerprint density at radius 1 is 1.21 bits per heavy atom. The van der Waals surface area contributed by atoms with E-state index in [0.29, 0.717) is 29.5 Å². The molecule has 1 saturated carbocycles. The minimum Gasteiger partial charge on any atom is -0.508 e. The number of nitrogens with one attached hydrogen (secondary N) is 1. The number of hydrogen-bond donors (Lipinski definition) is 3. The molecular weight excluding hydrogens is 443 g/mol. The first kappa shape index (κ1) is 25.5. The summed E-state index contributed by atoms with van der Waals surface area (Å²) in [6, 6.07) is 5.67. The lowest BCUT2D eigenvalue weighted by Gasteiger charge is -2.31. The smallest absolute Gasteiger partial charge is 0.451 e. The van der Waals surface area contributed by atoms with Crippen LogP contribution >= 0.6 is 0 Å². The van der Waals surface area contributed by atoms with Crippen LogP contribution in [-0.2, 0) is 12.6 Å². The lowest BCUT2D eigenvalue weighted by atomic mass is 9.76.